The van der Waals surface area contributed by atoms with Crippen molar-refractivity contribution in [3.8, 4) is 5.75 Å². The fourth-order valence-corrected chi connectivity index (χ4v) is 3.62. The van der Waals surface area contributed by atoms with Gasteiger partial charge in [-0.15, -0.1) is 11.3 Å². The van der Waals surface area contributed by atoms with Gasteiger partial charge in [-0.3, -0.25) is 9.48 Å². The first-order valence-electron chi connectivity index (χ1n) is 8.58. The maximum atomic E-state index is 12.5. The molecule has 0 saturated heterocycles. The van der Waals surface area contributed by atoms with E-state index < -0.39 is 0 Å². The van der Waals surface area contributed by atoms with Crippen LogP contribution in [-0.2, 0) is 13.2 Å². The van der Waals surface area contributed by atoms with E-state index in [1.54, 1.807) is 6.20 Å². The topological polar surface area (TPSA) is 56.2 Å². The van der Waals surface area contributed by atoms with Crippen LogP contribution in [0.3, 0.4) is 0 Å². The normalized spacial score (nSPS) is 10.8. The number of benzene rings is 1. The van der Waals surface area contributed by atoms with Crippen molar-refractivity contribution in [2.75, 3.05) is 5.32 Å². The van der Waals surface area contributed by atoms with Crippen molar-refractivity contribution < 1.29 is 9.53 Å². The second kappa shape index (κ2) is 7.74. The van der Waals surface area contributed by atoms with Crippen molar-refractivity contribution in [2.24, 2.45) is 0 Å². The summed E-state index contributed by atoms with van der Waals surface area (Å²) in [5.74, 6) is 0.730. The minimum atomic E-state index is -0.119. The first-order valence-corrected chi connectivity index (χ1v) is 9.46. The highest BCUT2D eigenvalue weighted by Crippen LogP contribution is 2.22. The Hall–Kier alpha value is -2.60. The summed E-state index contributed by atoms with van der Waals surface area (Å²) in [6.45, 7) is 9.29. The molecule has 2 aromatic heterocycles. The maximum Gasteiger partial charge on any atom is 0.265 e. The van der Waals surface area contributed by atoms with E-state index in [0.717, 1.165) is 29.2 Å². The standard InChI is InChI=1S/C20H23N3O2S/c1-5-23-15(4)18(10-21-23)22-20(24)19-9-16(12-26-19)11-25-17-7-13(2)6-14(3)8-17/h6-10,12H,5,11H2,1-4H3,(H,22,24). The van der Waals surface area contributed by atoms with E-state index in [1.165, 1.54) is 22.5 Å². The Bertz CT molecular complexity index is 907. The molecule has 0 fully saturated rings. The van der Waals surface area contributed by atoms with Gasteiger partial charge in [0.25, 0.3) is 5.91 Å². The SMILES string of the molecule is CCn1ncc(NC(=O)c2cc(COc3cc(C)cc(C)c3)cs2)c1C. The van der Waals surface area contributed by atoms with Gasteiger partial charge in [-0.1, -0.05) is 6.07 Å². The molecule has 26 heavy (non-hydrogen) atoms. The van der Waals surface area contributed by atoms with Gasteiger partial charge in [0, 0.05) is 12.1 Å². The molecule has 0 aliphatic heterocycles. The van der Waals surface area contributed by atoms with Crippen LogP contribution in [0, 0.1) is 20.8 Å². The Morgan fingerprint density at radius 3 is 2.58 bits per heavy atom. The summed E-state index contributed by atoms with van der Waals surface area (Å²) in [7, 11) is 0. The number of nitrogens with zero attached hydrogens (tertiary/aromatic N) is 2. The number of aryl methyl sites for hydroxylation is 3. The fourth-order valence-electron chi connectivity index (χ4n) is 2.83. The molecule has 3 aromatic rings. The van der Waals surface area contributed by atoms with E-state index in [0.29, 0.717) is 11.5 Å². The Kier molecular flexibility index (Phi) is 5.42. The lowest BCUT2D eigenvalue weighted by atomic mass is 10.1. The number of carbonyl (C=O) groups is 1. The summed E-state index contributed by atoms with van der Waals surface area (Å²) in [5.41, 5.74) is 5.04. The van der Waals surface area contributed by atoms with Crippen LogP contribution in [-0.4, -0.2) is 15.7 Å². The number of anilines is 1. The summed E-state index contributed by atoms with van der Waals surface area (Å²) in [6.07, 6.45) is 1.69. The molecular weight excluding hydrogens is 346 g/mol. The van der Waals surface area contributed by atoms with Gasteiger partial charge in [-0.25, -0.2) is 0 Å². The highest BCUT2D eigenvalue weighted by molar-refractivity contribution is 7.12. The molecule has 0 saturated carbocycles. The Morgan fingerprint density at radius 1 is 1.19 bits per heavy atom. The number of carbonyl (C=O) groups excluding carboxylic acids is 1. The number of hydrogen-bond donors (Lipinski definition) is 1. The molecule has 0 unspecified atom stereocenters. The molecule has 6 heteroatoms. The van der Waals surface area contributed by atoms with Gasteiger partial charge in [0.2, 0.25) is 0 Å². The molecule has 0 atom stereocenters. The zero-order valence-electron chi connectivity index (χ0n) is 15.5. The molecule has 2 heterocycles. The molecule has 0 bridgehead atoms. The van der Waals surface area contributed by atoms with Gasteiger partial charge in [0.05, 0.1) is 22.5 Å². The maximum absolute atomic E-state index is 12.5. The van der Waals surface area contributed by atoms with Crippen molar-refractivity contribution in [2.45, 2.75) is 40.8 Å². The van der Waals surface area contributed by atoms with Crippen LogP contribution in [0.25, 0.3) is 0 Å². The number of aromatic nitrogens is 2. The summed E-state index contributed by atoms with van der Waals surface area (Å²) < 4.78 is 7.72. The van der Waals surface area contributed by atoms with Crippen LogP contribution in [0.5, 0.6) is 5.75 Å². The first-order chi connectivity index (χ1) is 12.5. The summed E-state index contributed by atoms with van der Waals surface area (Å²) in [4.78, 5) is 13.1. The fraction of sp³-hybridized carbons (Fsp3) is 0.300. The third-order valence-corrected chi connectivity index (χ3v) is 5.11. The van der Waals surface area contributed by atoms with E-state index in [1.807, 2.05) is 42.1 Å². The van der Waals surface area contributed by atoms with Crippen molar-refractivity contribution in [3.63, 3.8) is 0 Å². The van der Waals surface area contributed by atoms with Gasteiger partial charge >= 0.3 is 0 Å². The molecule has 0 spiro atoms. The Balaban J connectivity index is 1.63. The van der Waals surface area contributed by atoms with E-state index in [2.05, 4.69) is 30.3 Å². The van der Waals surface area contributed by atoms with E-state index in [4.69, 9.17) is 4.74 Å². The van der Waals surface area contributed by atoms with Crippen LogP contribution in [0.4, 0.5) is 5.69 Å². The molecule has 1 aromatic carbocycles. The molecule has 5 nitrogen and oxygen atoms in total. The van der Waals surface area contributed by atoms with Crippen LogP contribution >= 0.6 is 11.3 Å². The molecular formula is C20H23N3O2S. The zero-order valence-corrected chi connectivity index (χ0v) is 16.3. The van der Waals surface area contributed by atoms with Crippen LogP contribution in [0.2, 0.25) is 0 Å². The molecule has 1 N–H and O–H groups in total. The average molecular weight is 369 g/mol. The van der Waals surface area contributed by atoms with Crippen LogP contribution < -0.4 is 10.1 Å². The van der Waals surface area contributed by atoms with Crippen molar-refractivity contribution in [1.29, 1.82) is 0 Å². The lowest BCUT2D eigenvalue weighted by molar-refractivity contribution is 0.103. The molecule has 3 rings (SSSR count). The zero-order chi connectivity index (χ0) is 18.7. The molecule has 1 amide bonds. The van der Waals surface area contributed by atoms with Gasteiger partial charge in [0.15, 0.2) is 0 Å². The average Bonchev–Trinajstić information content (AvgIpc) is 3.20. The minimum Gasteiger partial charge on any atom is -0.489 e. The van der Waals surface area contributed by atoms with Crippen LogP contribution in [0.1, 0.15) is 39.0 Å². The predicted molar refractivity (Wildman–Crippen MR) is 105 cm³/mol. The first kappa shape index (κ1) is 18.2. The highest BCUT2D eigenvalue weighted by atomic mass is 32.1. The molecule has 136 valence electrons. The van der Waals surface area contributed by atoms with Gasteiger partial charge in [-0.2, -0.15) is 5.10 Å². The van der Waals surface area contributed by atoms with Crippen molar-refractivity contribution >= 4 is 22.9 Å². The summed E-state index contributed by atoms with van der Waals surface area (Å²) in [5, 5.41) is 9.14. The Labute approximate surface area is 157 Å². The summed E-state index contributed by atoms with van der Waals surface area (Å²) >= 11 is 1.42. The smallest absolute Gasteiger partial charge is 0.265 e. The second-order valence-electron chi connectivity index (χ2n) is 6.34. The van der Waals surface area contributed by atoms with Gasteiger partial charge in [0.1, 0.15) is 12.4 Å². The number of amides is 1. The predicted octanol–water partition coefficient (Wildman–Crippen LogP) is 4.72. The lowest BCUT2D eigenvalue weighted by Crippen LogP contribution is -2.11. The number of ether oxygens (including phenoxy) is 1. The van der Waals surface area contributed by atoms with Crippen LogP contribution in [0.15, 0.2) is 35.8 Å². The monoisotopic (exact) mass is 369 g/mol. The van der Waals surface area contributed by atoms with Crippen molar-refractivity contribution in [1.82, 2.24) is 9.78 Å². The second-order valence-corrected chi connectivity index (χ2v) is 7.26. The quantitative estimate of drug-likeness (QED) is 0.684. The van der Waals surface area contributed by atoms with E-state index in [-0.39, 0.29) is 5.91 Å². The van der Waals surface area contributed by atoms with Gasteiger partial charge < -0.3 is 10.1 Å². The van der Waals surface area contributed by atoms with E-state index in [9.17, 15) is 4.79 Å². The highest BCUT2D eigenvalue weighted by Gasteiger charge is 2.13. The van der Waals surface area contributed by atoms with Crippen molar-refractivity contribution in [3.05, 3.63) is 63.1 Å². The molecule has 0 radical (unpaired) electrons. The third kappa shape index (κ3) is 4.14. The number of nitrogens with one attached hydrogen (secondary N) is 1. The lowest BCUT2D eigenvalue weighted by Gasteiger charge is -2.07. The van der Waals surface area contributed by atoms with Gasteiger partial charge in [-0.05, 0) is 62.4 Å². The Morgan fingerprint density at radius 2 is 1.92 bits per heavy atom. The largest absolute Gasteiger partial charge is 0.489 e. The molecule has 0 aliphatic carbocycles. The third-order valence-electron chi connectivity index (χ3n) is 4.13. The summed E-state index contributed by atoms with van der Waals surface area (Å²) in [6, 6.07) is 8.02. The number of thiophene rings is 1. The number of rotatable bonds is 6. The number of hydrogen-bond acceptors (Lipinski definition) is 4. The van der Waals surface area contributed by atoms with E-state index >= 15 is 0 Å². The molecule has 0 aliphatic rings. The minimum absolute atomic E-state index is 0.119.